The lowest BCUT2D eigenvalue weighted by molar-refractivity contribution is -0.142. The second kappa shape index (κ2) is 11.7. The molecule has 0 spiro atoms. The van der Waals surface area contributed by atoms with Gasteiger partial charge in [0.2, 0.25) is 0 Å². The second-order valence-electron chi connectivity index (χ2n) is 9.30. The van der Waals surface area contributed by atoms with E-state index in [-0.39, 0.29) is 23.7 Å². The van der Waals surface area contributed by atoms with Crippen LogP contribution in [0.2, 0.25) is 0 Å². The third kappa shape index (κ3) is 5.75. The van der Waals surface area contributed by atoms with Crippen LogP contribution < -0.4 is 9.64 Å². The van der Waals surface area contributed by atoms with Gasteiger partial charge in [0.05, 0.1) is 30.9 Å². The zero-order valence-electron chi connectivity index (χ0n) is 21.6. The summed E-state index contributed by atoms with van der Waals surface area (Å²) < 4.78 is 10.8. The number of esters is 1. The van der Waals surface area contributed by atoms with Crippen molar-refractivity contribution in [3.63, 3.8) is 0 Å². The molecule has 4 rings (SSSR count). The number of anilines is 1. The minimum Gasteiger partial charge on any atom is -0.507 e. The maximum Gasteiger partial charge on any atom is 0.310 e. The highest BCUT2D eigenvalue weighted by Crippen LogP contribution is 2.41. The summed E-state index contributed by atoms with van der Waals surface area (Å²) >= 11 is 0. The standard InChI is InChI=1S/C30H30N2O6/c1-4-37-25(33)16-20-11-13-22(14-12-20)32-27(24-10-5-6-15-31-24)26(29(35)30(32)36)28(34)21-8-7-9-23(17-21)38-18-19(2)3/h5-15,17,19,27,34H,4,16,18H2,1-3H3/b28-26-. The molecule has 8 heteroatoms. The van der Waals surface area contributed by atoms with Crippen LogP contribution in [0.1, 0.15) is 43.6 Å². The molecule has 196 valence electrons. The summed E-state index contributed by atoms with van der Waals surface area (Å²) in [5, 5.41) is 11.3. The Balaban J connectivity index is 1.76. The normalized spacial score (nSPS) is 16.6. The van der Waals surface area contributed by atoms with Gasteiger partial charge < -0.3 is 14.6 Å². The number of pyridine rings is 1. The number of ether oxygens (including phenoxy) is 2. The van der Waals surface area contributed by atoms with E-state index in [9.17, 15) is 19.5 Å². The van der Waals surface area contributed by atoms with Crippen molar-refractivity contribution in [3.8, 4) is 5.75 Å². The molecule has 1 atom stereocenters. The van der Waals surface area contributed by atoms with Gasteiger partial charge in [-0.15, -0.1) is 0 Å². The van der Waals surface area contributed by atoms with Crippen molar-refractivity contribution in [2.45, 2.75) is 33.2 Å². The van der Waals surface area contributed by atoms with Crippen molar-refractivity contribution in [3.05, 3.63) is 95.3 Å². The molecular formula is C30H30N2O6. The van der Waals surface area contributed by atoms with Crippen LogP contribution in [-0.2, 0) is 25.5 Å². The zero-order valence-corrected chi connectivity index (χ0v) is 21.6. The number of rotatable bonds is 9. The molecule has 0 saturated carbocycles. The minimum absolute atomic E-state index is 0.0645. The molecule has 2 aromatic carbocycles. The molecule has 8 nitrogen and oxygen atoms in total. The number of hydrogen-bond donors (Lipinski definition) is 1. The van der Waals surface area contributed by atoms with Gasteiger partial charge in [-0.05, 0) is 54.8 Å². The highest BCUT2D eigenvalue weighted by atomic mass is 16.5. The monoisotopic (exact) mass is 514 g/mol. The number of aliphatic hydroxyl groups is 1. The number of carbonyl (C=O) groups excluding carboxylic acids is 3. The lowest BCUT2D eigenvalue weighted by Crippen LogP contribution is -2.29. The molecule has 1 N–H and O–H groups in total. The maximum atomic E-state index is 13.3. The van der Waals surface area contributed by atoms with E-state index in [1.807, 2.05) is 13.8 Å². The third-order valence-corrected chi connectivity index (χ3v) is 5.97. The number of hydrogen-bond acceptors (Lipinski definition) is 7. The first-order valence-corrected chi connectivity index (χ1v) is 12.5. The van der Waals surface area contributed by atoms with E-state index in [1.54, 1.807) is 79.9 Å². The largest absolute Gasteiger partial charge is 0.507 e. The number of amides is 1. The van der Waals surface area contributed by atoms with E-state index in [1.165, 1.54) is 4.90 Å². The van der Waals surface area contributed by atoms with Crippen molar-refractivity contribution >= 4 is 29.1 Å². The summed E-state index contributed by atoms with van der Waals surface area (Å²) in [4.78, 5) is 44.3. The molecule has 1 aliphatic rings. The number of Topliss-reactive ketones (excluding diaryl/α,β-unsaturated/α-hetero) is 1. The average Bonchev–Trinajstić information content (AvgIpc) is 3.18. The molecule has 0 aliphatic carbocycles. The topological polar surface area (TPSA) is 106 Å². The summed E-state index contributed by atoms with van der Waals surface area (Å²) in [7, 11) is 0. The van der Waals surface area contributed by atoms with Crippen molar-refractivity contribution < 1.29 is 29.0 Å². The Morgan fingerprint density at radius 1 is 1.05 bits per heavy atom. The van der Waals surface area contributed by atoms with Crippen LogP contribution in [0.5, 0.6) is 5.75 Å². The Labute approximate surface area is 221 Å². The third-order valence-electron chi connectivity index (χ3n) is 5.97. The molecule has 2 heterocycles. The Hall–Kier alpha value is -4.46. The molecule has 0 bridgehead atoms. The van der Waals surface area contributed by atoms with Crippen LogP contribution in [-0.4, -0.2) is 41.0 Å². The average molecular weight is 515 g/mol. The number of carbonyl (C=O) groups is 3. The van der Waals surface area contributed by atoms with Crippen molar-refractivity contribution in [2.75, 3.05) is 18.1 Å². The maximum absolute atomic E-state index is 13.3. The first-order chi connectivity index (χ1) is 18.3. The molecular weight excluding hydrogens is 484 g/mol. The molecule has 38 heavy (non-hydrogen) atoms. The summed E-state index contributed by atoms with van der Waals surface area (Å²) in [5.74, 6) is -1.41. The lowest BCUT2D eigenvalue weighted by atomic mass is 9.98. The van der Waals surface area contributed by atoms with Crippen LogP contribution in [0.4, 0.5) is 5.69 Å². The molecule has 1 unspecified atom stereocenters. The van der Waals surface area contributed by atoms with Crippen molar-refractivity contribution in [2.24, 2.45) is 5.92 Å². The van der Waals surface area contributed by atoms with Gasteiger partial charge in [-0.25, -0.2) is 0 Å². The number of nitrogens with zero attached hydrogens (tertiary/aromatic N) is 2. The Morgan fingerprint density at radius 3 is 2.47 bits per heavy atom. The minimum atomic E-state index is -0.952. The molecule has 0 radical (unpaired) electrons. The van der Waals surface area contributed by atoms with Crippen LogP contribution >= 0.6 is 0 Å². The smallest absolute Gasteiger partial charge is 0.310 e. The van der Waals surface area contributed by atoms with E-state index >= 15 is 0 Å². The van der Waals surface area contributed by atoms with Gasteiger partial charge in [-0.2, -0.15) is 0 Å². The summed E-state index contributed by atoms with van der Waals surface area (Å²) in [6.45, 7) is 6.58. The molecule has 1 fully saturated rings. The van der Waals surface area contributed by atoms with E-state index in [2.05, 4.69) is 4.98 Å². The summed E-state index contributed by atoms with van der Waals surface area (Å²) in [6, 6.07) is 17.8. The van der Waals surface area contributed by atoms with E-state index in [0.29, 0.717) is 47.4 Å². The van der Waals surface area contributed by atoms with Crippen molar-refractivity contribution in [1.29, 1.82) is 0 Å². The highest BCUT2D eigenvalue weighted by Gasteiger charge is 2.47. The molecule has 1 aliphatic heterocycles. The lowest BCUT2D eigenvalue weighted by Gasteiger charge is -2.24. The van der Waals surface area contributed by atoms with Gasteiger partial charge in [0, 0.05) is 17.4 Å². The Morgan fingerprint density at radius 2 is 1.82 bits per heavy atom. The SMILES string of the molecule is CCOC(=O)Cc1ccc(N2C(=O)C(=O)/C(=C(\O)c3cccc(OCC(C)C)c3)C2c2ccccn2)cc1. The highest BCUT2D eigenvalue weighted by molar-refractivity contribution is 6.51. The second-order valence-corrected chi connectivity index (χ2v) is 9.30. The van der Waals surface area contributed by atoms with E-state index in [4.69, 9.17) is 9.47 Å². The van der Waals surface area contributed by atoms with Gasteiger partial charge in [0.25, 0.3) is 11.7 Å². The molecule has 3 aromatic rings. The van der Waals surface area contributed by atoms with Crippen LogP contribution in [0.3, 0.4) is 0 Å². The van der Waals surface area contributed by atoms with Crippen LogP contribution in [0, 0.1) is 5.92 Å². The number of benzene rings is 2. The number of ketones is 1. The zero-order chi connectivity index (χ0) is 27.2. The first kappa shape index (κ1) is 26.6. The quantitative estimate of drug-likeness (QED) is 0.188. The molecule has 1 aromatic heterocycles. The first-order valence-electron chi connectivity index (χ1n) is 12.5. The fraction of sp³-hybridized carbons (Fsp3) is 0.267. The van der Waals surface area contributed by atoms with Gasteiger partial charge in [0.1, 0.15) is 17.6 Å². The predicted molar refractivity (Wildman–Crippen MR) is 143 cm³/mol. The fourth-order valence-corrected chi connectivity index (χ4v) is 4.22. The number of aromatic nitrogens is 1. The van der Waals surface area contributed by atoms with Gasteiger partial charge in [-0.3, -0.25) is 24.3 Å². The number of aliphatic hydroxyl groups excluding tert-OH is 1. The Kier molecular flexibility index (Phi) is 8.21. The van der Waals surface area contributed by atoms with Crippen LogP contribution in [0.25, 0.3) is 5.76 Å². The van der Waals surface area contributed by atoms with Crippen molar-refractivity contribution in [1.82, 2.24) is 4.98 Å². The van der Waals surface area contributed by atoms with Gasteiger partial charge >= 0.3 is 5.97 Å². The summed E-state index contributed by atoms with van der Waals surface area (Å²) in [5.41, 5.74) is 1.86. The van der Waals surface area contributed by atoms with E-state index < -0.39 is 17.7 Å². The summed E-state index contributed by atoms with van der Waals surface area (Å²) in [6.07, 6.45) is 1.66. The molecule has 1 saturated heterocycles. The van der Waals surface area contributed by atoms with Gasteiger partial charge in [-0.1, -0.05) is 44.2 Å². The Bertz CT molecular complexity index is 1350. The fourth-order valence-electron chi connectivity index (χ4n) is 4.22. The molecule has 1 amide bonds. The van der Waals surface area contributed by atoms with Gasteiger partial charge in [0.15, 0.2) is 0 Å². The predicted octanol–water partition coefficient (Wildman–Crippen LogP) is 4.85. The van der Waals surface area contributed by atoms with E-state index in [0.717, 1.165) is 0 Å². The van der Waals surface area contributed by atoms with Crippen LogP contribution in [0.15, 0.2) is 78.5 Å².